The van der Waals surface area contributed by atoms with Gasteiger partial charge in [0.1, 0.15) is 0 Å². The Morgan fingerprint density at radius 3 is 3.14 bits per heavy atom. The van der Waals surface area contributed by atoms with Crippen molar-refractivity contribution in [2.75, 3.05) is 0 Å². The van der Waals surface area contributed by atoms with E-state index in [4.69, 9.17) is 0 Å². The van der Waals surface area contributed by atoms with E-state index in [1.165, 1.54) is 30.7 Å². The van der Waals surface area contributed by atoms with Crippen LogP contribution in [0.1, 0.15) is 31.2 Å². The number of rotatable bonds is 2. The van der Waals surface area contributed by atoms with Gasteiger partial charge in [-0.3, -0.25) is 0 Å². The highest BCUT2D eigenvalue weighted by Crippen LogP contribution is 2.35. The Morgan fingerprint density at radius 2 is 2.43 bits per heavy atom. The fraction of sp³-hybridized carbons (Fsp3) is 0.727. The molecule has 1 aromatic rings. The summed E-state index contributed by atoms with van der Waals surface area (Å²) in [7, 11) is 0. The molecule has 0 spiro atoms. The molecule has 3 heteroatoms. The number of hydrogen-bond donors (Lipinski definition) is 0. The van der Waals surface area contributed by atoms with Crippen molar-refractivity contribution in [3.05, 3.63) is 16.6 Å². The van der Waals surface area contributed by atoms with Crippen LogP contribution in [0.2, 0.25) is 0 Å². The van der Waals surface area contributed by atoms with Gasteiger partial charge in [-0.05, 0) is 31.1 Å². The summed E-state index contributed by atoms with van der Waals surface area (Å²) in [5.41, 5.74) is 0. The van der Waals surface area contributed by atoms with Gasteiger partial charge < -0.3 is 0 Å². The molecule has 0 N–H and O–H groups in total. The van der Waals surface area contributed by atoms with Crippen molar-refractivity contribution in [3.8, 4) is 0 Å². The van der Waals surface area contributed by atoms with Crippen molar-refractivity contribution in [2.45, 2.75) is 37.4 Å². The van der Waals surface area contributed by atoms with Crippen LogP contribution in [0, 0.1) is 11.8 Å². The van der Waals surface area contributed by atoms with Crippen molar-refractivity contribution in [2.24, 2.45) is 11.8 Å². The highest BCUT2D eigenvalue weighted by atomic mass is 79.9. The molecule has 0 bridgehead atoms. The summed E-state index contributed by atoms with van der Waals surface area (Å²) in [5.74, 6) is 1.70. The van der Waals surface area contributed by atoms with E-state index < -0.39 is 0 Å². The van der Waals surface area contributed by atoms with E-state index in [-0.39, 0.29) is 0 Å². The highest BCUT2D eigenvalue weighted by Gasteiger charge is 2.26. The first-order valence-corrected chi connectivity index (χ1v) is 7.07. The number of alkyl halides is 1. The number of thiazole rings is 1. The van der Waals surface area contributed by atoms with Gasteiger partial charge in [0.25, 0.3) is 0 Å². The first-order chi connectivity index (χ1) is 6.75. The summed E-state index contributed by atoms with van der Waals surface area (Å²) < 4.78 is 0. The summed E-state index contributed by atoms with van der Waals surface area (Å²) in [5, 5.41) is 3.39. The third-order valence-corrected chi connectivity index (χ3v) is 4.85. The minimum atomic E-state index is 0.740. The van der Waals surface area contributed by atoms with Crippen LogP contribution < -0.4 is 0 Å². The van der Waals surface area contributed by atoms with Gasteiger partial charge in [-0.1, -0.05) is 22.9 Å². The second kappa shape index (κ2) is 4.75. The Bertz CT molecular complexity index is 273. The molecule has 1 aromatic heterocycles. The maximum Gasteiger partial charge on any atom is 0.0927 e. The Morgan fingerprint density at radius 1 is 1.57 bits per heavy atom. The van der Waals surface area contributed by atoms with Crippen molar-refractivity contribution >= 4 is 27.3 Å². The number of nitrogens with zero attached hydrogens (tertiary/aromatic N) is 1. The average molecular weight is 274 g/mol. The van der Waals surface area contributed by atoms with Crippen LogP contribution in [0.4, 0.5) is 0 Å². The monoisotopic (exact) mass is 273 g/mol. The van der Waals surface area contributed by atoms with E-state index in [1.807, 2.05) is 6.20 Å². The molecule has 2 rings (SSSR count). The van der Waals surface area contributed by atoms with Gasteiger partial charge in [-0.25, -0.2) is 4.98 Å². The Kier molecular flexibility index (Phi) is 3.61. The molecule has 1 heterocycles. The minimum Gasteiger partial charge on any atom is -0.250 e. The smallest absolute Gasteiger partial charge is 0.0927 e. The second-order valence-electron chi connectivity index (χ2n) is 4.28. The molecule has 3 atom stereocenters. The predicted molar refractivity (Wildman–Crippen MR) is 65.0 cm³/mol. The zero-order chi connectivity index (χ0) is 9.97. The van der Waals surface area contributed by atoms with E-state index in [1.54, 1.807) is 11.3 Å². The molecular weight excluding hydrogens is 258 g/mol. The van der Waals surface area contributed by atoms with Crippen molar-refractivity contribution < 1.29 is 0 Å². The molecule has 1 fully saturated rings. The Hall–Kier alpha value is 0.110. The second-order valence-corrected chi connectivity index (χ2v) is 6.55. The fourth-order valence-corrected chi connectivity index (χ4v) is 3.68. The summed E-state index contributed by atoms with van der Waals surface area (Å²) in [6.07, 6.45) is 7.13. The summed E-state index contributed by atoms with van der Waals surface area (Å²) in [6, 6.07) is 0. The topological polar surface area (TPSA) is 12.9 Å². The Labute approximate surface area is 98.1 Å². The maximum absolute atomic E-state index is 4.37. The lowest BCUT2D eigenvalue weighted by molar-refractivity contribution is 0.262. The van der Waals surface area contributed by atoms with E-state index in [9.17, 15) is 0 Å². The lowest BCUT2D eigenvalue weighted by Gasteiger charge is -2.31. The lowest BCUT2D eigenvalue weighted by atomic mass is 9.79. The Balaban J connectivity index is 1.95. The van der Waals surface area contributed by atoms with Crippen LogP contribution in [-0.4, -0.2) is 9.81 Å². The van der Waals surface area contributed by atoms with Crippen molar-refractivity contribution in [1.82, 2.24) is 4.98 Å². The molecule has 78 valence electrons. The third kappa shape index (κ3) is 2.57. The van der Waals surface area contributed by atoms with Gasteiger partial charge in [-0.2, -0.15) is 0 Å². The van der Waals surface area contributed by atoms with Gasteiger partial charge in [0.15, 0.2) is 0 Å². The minimum absolute atomic E-state index is 0.740. The molecule has 1 nitrogen and oxygen atoms in total. The normalized spacial score (nSPS) is 33.1. The van der Waals surface area contributed by atoms with Gasteiger partial charge in [0.2, 0.25) is 0 Å². The zero-order valence-electron chi connectivity index (χ0n) is 8.45. The van der Waals surface area contributed by atoms with Gasteiger partial charge in [0.05, 0.1) is 5.01 Å². The van der Waals surface area contributed by atoms with Gasteiger partial charge in [-0.15, -0.1) is 11.3 Å². The molecule has 1 saturated carbocycles. The molecule has 1 aliphatic rings. The highest BCUT2D eigenvalue weighted by molar-refractivity contribution is 9.09. The van der Waals surface area contributed by atoms with Crippen LogP contribution in [0.15, 0.2) is 11.6 Å². The summed E-state index contributed by atoms with van der Waals surface area (Å²) >= 11 is 5.54. The predicted octanol–water partition coefficient (Wildman–Crippen LogP) is 3.89. The zero-order valence-corrected chi connectivity index (χ0v) is 10.9. The van der Waals surface area contributed by atoms with Gasteiger partial charge >= 0.3 is 0 Å². The van der Waals surface area contributed by atoms with Gasteiger partial charge in [0, 0.05) is 22.8 Å². The van der Waals surface area contributed by atoms with Crippen molar-refractivity contribution in [3.63, 3.8) is 0 Å². The lowest BCUT2D eigenvalue weighted by Crippen LogP contribution is -2.24. The summed E-state index contributed by atoms with van der Waals surface area (Å²) in [6.45, 7) is 2.39. The molecule has 0 aliphatic heterocycles. The standard InChI is InChI=1S/C11H16BrNS/c1-8-2-3-10(12)6-9(8)7-11-13-4-5-14-11/h4-5,8-10H,2-3,6-7H2,1H3. The van der Waals surface area contributed by atoms with Crippen LogP contribution in [0.3, 0.4) is 0 Å². The largest absolute Gasteiger partial charge is 0.250 e. The van der Waals surface area contributed by atoms with Crippen molar-refractivity contribution in [1.29, 1.82) is 0 Å². The SMILES string of the molecule is CC1CCC(Br)CC1Cc1nccs1. The number of halogens is 1. The molecule has 3 unspecified atom stereocenters. The molecule has 1 aliphatic carbocycles. The van der Waals surface area contributed by atoms with Crippen LogP contribution >= 0.6 is 27.3 Å². The van der Waals surface area contributed by atoms with E-state index in [0.717, 1.165) is 16.7 Å². The molecule has 0 aromatic carbocycles. The fourth-order valence-electron chi connectivity index (χ4n) is 2.22. The van der Waals surface area contributed by atoms with Crippen LogP contribution in [0.5, 0.6) is 0 Å². The summed E-state index contributed by atoms with van der Waals surface area (Å²) in [4.78, 5) is 5.11. The molecule has 0 radical (unpaired) electrons. The molecular formula is C11H16BrNS. The number of aromatic nitrogens is 1. The average Bonchev–Trinajstić information content (AvgIpc) is 2.64. The van der Waals surface area contributed by atoms with E-state index >= 15 is 0 Å². The number of hydrogen-bond acceptors (Lipinski definition) is 2. The molecule has 0 saturated heterocycles. The maximum atomic E-state index is 4.37. The first-order valence-electron chi connectivity index (χ1n) is 5.28. The van der Waals surface area contributed by atoms with E-state index in [0.29, 0.717) is 0 Å². The van der Waals surface area contributed by atoms with Crippen LogP contribution in [0.25, 0.3) is 0 Å². The molecule has 14 heavy (non-hydrogen) atoms. The first kappa shape index (κ1) is 10.6. The van der Waals surface area contributed by atoms with E-state index in [2.05, 4.69) is 33.2 Å². The molecule has 0 amide bonds. The third-order valence-electron chi connectivity index (χ3n) is 3.22. The van der Waals surface area contributed by atoms with Crippen LogP contribution in [-0.2, 0) is 6.42 Å². The quantitative estimate of drug-likeness (QED) is 0.746.